The molecule has 0 fully saturated rings. The second-order valence-corrected chi connectivity index (χ2v) is 6.50. The van der Waals surface area contributed by atoms with Gasteiger partial charge in [0.25, 0.3) is 5.91 Å². The maximum absolute atomic E-state index is 13.7. The molecule has 0 bridgehead atoms. The topological polar surface area (TPSA) is 58.2 Å². The first-order valence-corrected chi connectivity index (χ1v) is 8.22. The molecule has 0 aliphatic carbocycles. The van der Waals surface area contributed by atoms with Crippen LogP contribution in [0.4, 0.5) is 4.39 Å². The van der Waals surface area contributed by atoms with Gasteiger partial charge < -0.3 is 10.6 Å². The lowest BCUT2D eigenvalue weighted by molar-refractivity contribution is -0.124. The van der Waals surface area contributed by atoms with Crippen molar-refractivity contribution in [3.05, 3.63) is 58.0 Å². The fourth-order valence-corrected chi connectivity index (χ4v) is 2.74. The highest BCUT2D eigenvalue weighted by Crippen LogP contribution is 2.10. The van der Waals surface area contributed by atoms with Crippen LogP contribution in [0.5, 0.6) is 0 Å². The zero-order chi connectivity index (χ0) is 16.8. The molecule has 6 heteroatoms. The second kappa shape index (κ2) is 7.87. The van der Waals surface area contributed by atoms with E-state index in [1.807, 2.05) is 31.4 Å². The predicted octanol–water partition coefficient (Wildman–Crippen LogP) is 2.96. The highest BCUT2D eigenvalue weighted by molar-refractivity contribution is 7.09. The highest BCUT2D eigenvalue weighted by Gasteiger charge is 2.25. The molecule has 2 N–H and O–H groups in total. The predicted molar refractivity (Wildman–Crippen MR) is 88.7 cm³/mol. The molecule has 0 spiro atoms. The minimum Gasteiger partial charge on any atom is -0.349 e. The van der Waals surface area contributed by atoms with E-state index in [9.17, 15) is 14.0 Å². The van der Waals surface area contributed by atoms with E-state index < -0.39 is 17.8 Å². The molecule has 0 unspecified atom stereocenters. The molecule has 1 atom stereocenters. The fourth-order valence-electron chi connectivity index (χ4n) is 2.10. The fraction of sp³-hybridized carbons (Fsp3) is 0.294. The number of rotatable bonds is 6. The summed E-state index contributed by atoms with van der Waals surface area (Å²) in [5.41, 5.74) is -0.0655. The number of amides is 2. The van der Waals surface area contributed by atoms with Crippen LogP contribution in [0.2, 0.25) is 0 Å². The molecule has 2 rings (SSSR count). The average molecular weight is 334 g/mol. The van der Waals surface area contributed by atoms with E-state index in [0.717, 1.165) is 4.88 Å². The third-order valence-electron chi connectivity index (χ3n) is 3.37. The van der Waals surface area contributed by atoms with E-state index >= 15 is 0 Å². The summed E-state index contributed by atoms with van der Waals surface area (Å²) in [7, 11) is 0. The van der Waals surface area contributed by atoms with E-state index in [1.165, 1.54) is 18.2 Å². The summed E-state index contributed by atoms with van der Waals surface area (Å²) in [5.74, 6) is -1.59. The van der Waals surface area contributed by atoms with Gasteiger partial charge in [-0.05, 0) is 29.5 Å². The van der Waals surface area contributed by atoms with Gasteiger partial charge in [-0.25, -0.2) is 4.39 Å². The number of carbonyl (C=O) groups is 2. The standard InChI is InChI=1S/C17H19FN2O2S/c1-11(2)15(17(22)19-10-12-6-5-9-23-12)20-16(21)13-7-3-4-8-14(13)18/h3-9,11,15H,10H2,1-2H3,(H,19,22)(H,20,21)/t15-/m0/s1. The molecule has 0 radical (unpaired) electrons. The minimum absolute atomic E-state index is 0.0655. The molecule has 1 aromatic heterocycles. The van der Waals surface area contributed by atoms with Crippen molar-refractivity contribution in [1.29, 1.82) is 0 Å². The number of hydrogen-bond donors (Lipinski definition) is 2. The molecule has 122 valence electrons. The summed E-state index contributed by atoms with van der Waals surface area (Å²) in [6.45, 7) is 4.07. The van der Waals surface area contributed by atoms with Crippen LogP contribution in [0.15, 0.2) is 41.8 Å². The van der Waals surface area contributed by atoms with Crippen LogP contribution in [-0.2, 0) is 11.3 Å². The number of halogens is 1. The molecule has 4 nitrogen and oxygen atoms in total. The molecule has 2 amide bonds. The summed E-state index contributed by atoms with van der Waals surface area (Å²) in [6, 6.07) is 8.82. The zero-order valence-electron chi connectivity index (χ0n) is 13.0. The van der Waals surface area contributed by atoms with Gasteiger partial charge in [0, 0.05) is 4.88 Å². The van der Waals surface area contributed by atoms with Gasteiger partial charge >= 0.3 is 0 Å². The Morgan fingerprint density at radius 1 is 1.17 bits per heavy atom. The number of benzene rings is 1. The molecular formula is C17H19FN2O2S. The Kier molecular flexibility index (Phi) is 5.87. The third kappa shape index (κ3) is 4.63. The van der Waals surface area contributed by atoms with Gasteiger partial charge in [-0.2, -0.15) is 0 Å². The molecule has 2 aromatic rings. The van der Waals surface area contributed by atoms with Crippen molar-refractivity contribution >= 4 is 23.2 Å². The minimum atomic E-state index is -0.720. The average Bonchev–Trinajstić information content (AvgIpc) is 3.03. The quantitative estimate of drug-likeness (QED) is 0.853. The first-order valence-electron chi connectivity index (χ1n) is 7.34. The third-order valence-corrected chi connectivity index (χ3v) is 4.25. The number of carbonyl (C=O) groups excluding carboxylic acids is 2. The van der Waals surface area contributed by atoms with Gasteiger partial charge in [0.2, 0.25) is 5.91 Å². The van der Waals surface area contributed by atoms with Crippen molar-refractivity contribution in [2.45, 2.75) is 26.4 Å². The van der Waals surface area contributed by atoms with Crippen molar-refractivity contribution in [2.75, 3.05) is 0 Å². The van der Waals surface area contributed by atoms with Crippen LogP contribution in [0.3, 0.4) is 0 Å². The Morgan fingerprint density at radius 2 is 1.91 bits per heavy atom. The monoisotopic (exact) mass is 334 g/mol. The molecule has 0 aliphatic rings. The van der Waals surface area contributed by atoms with E-state index in [4.69, 9.17) is 0 Å². The van der Waals surface area contributed by atoms with Gasteiger partial charge in [-0.3, -0.25) is 9.59 Å². The summed E-state index contributed by atoms with van der Waals surface area (Å²) < 4.78 is 13.7. The van der Waals surface area contributed by atoms with Gasteiger partial charge in [-0.15, -0.1) is 11.3 Å². The Labute approximate surface area is 138 Å². The van der Waals surface area contributed by atoms with Crippen LogP contribution < -0.4 is 10.6 Å². The lowest BCUT2D eigenvalue weighted by Gasteiger charge is -2.21. The van der Waals surface area contributed by atoms with E-state index in [2.05, 4.69) is 10.6 Å². The normalized spacial score (nSPS) is 12.0. The first-order chi connectivity index (χ1) is 11.0. The van der Waals surface area contributed by atoms with Gasteiger partial charge in [0.05, 0.1) is 12.1 Å². The van der Waals surface area contributed by atoms with Crippen LogP contribution in [0.25, 0.3) is 0 Å². The number of nitrogens with one attached hydrogen (secondary N) is 2. The van der Waals surface area contributed by atoms with Crippen LogP contribution in [-0.4, -0.2) is 17.9 Å². The van der Waals surface area contributed by atoms with Gasteiger partial charge in [-0.1, -0.05) is 32.0 Å². The van der Waals surface area contributed by atoms with Crippen LogP contribution in [0, 0.1) is 11.7 Å². The molecule has 0 saturated carbocycles. The SMILES string of the molecule is CC(C)[C@H](NC(=O)c1ccccc1F)C(=O)NCc1cccs1. The number of hydrogen-bond acceptors (Lipinski definition) is 3. The Balaban J connectivity index is 2.02. The Hall–Kier alpha value is -2.21. The molecule has 1 aromatic carbocycles. The van der Waals surface area contributed by atoms with Crippen molar-refractivity contribution in [2.24, 2.45) is 5.92 Å². The first kappa shape index (κ1) is 17.1. The van der Waals surface area contributed by atoms with Crippen molar-refractivity contribution < 1.29 is 14.0 Å². The van der Waals surface area contributed by atoms with Crippen molar-refractivity contribution in [3.8, 4) is 0 Å². The maximum Gasteiger partial charge on any atom is 0.254 e. The molecule has 1 heterocycles. The van der Waals surface area contributed by atoms with E-state index in [0.29, 0.717) is 6.54 Å². The van der Waals surface area contributed by atoms with Gasteiger partial charge in [0.15, 0.2) is 0 Å². The number of thiophene rings is 1. The van der Waals surface area contributed by atoms with Crippen LogP contribution >= 0.6 is 11.3 Å². The van der Waals surface area contributed by atoms with E-state index in [-0.39, 0.29) is 17.4 Å². The summed E-state index contributed by atoms with van der Waals surface area (Å²) in [5, 5.41) is 7.35. The molecule has 0 saturated heterocycles. The highest BCUT2D eigenvalue weighted by atomic mass is 32.1. The molecule has 0 aliphatic heterocycles. The lowest BCUT2D eigenvalue weighted by atomic mass is 10.0. The van der Waals surface area contributed by atoms with Crippen molar-refractivity contribution in [1.82, 2.24) is 10.6 Å². The van der Waals surface area contributed by atoms with E-state index in [1.54, 1.807) is 17.4 Å². The van der Waals surface area contributed by atoms with Crippen molar-refractivity contribution in [3.63, 3.8) is 0 Å². The summed E-state index contributed by atoms with van der Waals surface area (Å²) in [4.78, 5) is 25.5. The van der Waals surface area contributed by atoms with Crippen LogP contribution in [0.1, 0.15) is 29.1 Å². The second-order valence-electron chi connectivity index (χ2n) is 5.47. The lowest BCUT2D eigenvalue weighted by Crippen LogP contribution is -2.49. The van der Waals surface area contributed by atoms with Gasteiger partial charge in [0.1, 0.15) is 11.9 Å². The molecule has 23 heavy (non-hydrogen) atoms. The zero-order valence-corrected chi connectivity index (χ0v) is 13.8. The smallest absolute Gasteiger partial charge is 0.254 e. The molecular weight excluding hydrogens is 315 g/mol. The summed E-state index contributed by atoms with van der Waals surface area (Å²) >= 11 is 1.55. The summed E-state index contributed by atoms with van der Waals surface area (Å²) in [6.07, 6.45) is 0. The Morgan fingerprint density at radius 3 is 2.52 bits per heavy atom. The maximum atomic E-state index is 13.7. The Bertz CT molecular complexity index is 671. The largest absolute Gasteiger partial charge is 0.349 e.